The predicted octanol–water partition coefficient (Wildman–Crippen LogP) is -7.57. The van der Waals surface area contributed by atoms with Crippen molar-refractivity contribution in [3.8, 4) is 0 Å². The van der Waals surface area contributed by atoms with Crippen molar-refractivity contribution in [1.29, 1.82) is 0 Å². The smallest absolute Gasteiger partial charge is 0.187 e. The van der Waals surface area contributed by atoms with E-state index >= 15 is 0 Å². The van der Waals surface area contributed by atoms with Crippen molar-refractivity contribution in [3.05, 3.63) is 0 Å². The first-order valence-electron chi connectivity index (χ1n) is 10.6. The van der Waals surface area contributed by atoms with Gasteiger partial charge in [-0.2, -0.15) is 0 Å². The molecule has 3 aliphatic heterocycles. The first-order valence-corrected chi connectivity index (χ1v) is 10.6. The number of rotatable bonds is 7. The van der Waals surface area contributed by atoms with Gasteiger partial charge in [-0.3, -0.25) is 0 Å². The average molecular weight is 504 g/mol. The third kappa shape index (κ3) is 5.37. The minimum atomic E-state index is -1.91. The Labute approximate surface area is 192 Å². The van der Waals surface area contributed by atoms with E-state index in [0.717, 1.165) is 0 Å². The highest BCUT2D eigenvalue weighted by Gasteiger charge is 2.53. The molecule has 0 aliphatic carbocycles. The molecule has 0 aromatic rings. The molecule has 0 bridgehead atoms. The highest BCUT2D eigenvalue weighted by molar-refractivity contribution is 4.96. The number of ether oxygens (including phenoxy) is 5. The molecule has 0 amide bonds. The summed E-state index contributed by atoms with van der Waals surface area (Å²) in [6.45, 7) is -2.32. The van der Waals surface area contributed by atoms with Crippen LogP contribution >= 0.6 is 0 Å². The molecule has 0 radical (unpaired) electrons. The summed E-state index contributed by atoms with van der Waals surface area (Å²) in [5.41, 5.74) is 0. The highest BCUT2D eigenvalue weighted by atomic mass is 16.8. The molecule has 16 nitrogen and oxygen atoms in total. The largest absolute Gasteiger partial charge is 0.394 e. The standard InChI is InChI=1S/C18H32O16/c19-1-4-7(22)8(23)12(27)17(31-4)34-15-6(3-21)32-18(13(28)10(15)25)33-14-5(2-20)30-16(29)11(26)9(14)24/h4-29H,1-3H2/t4?,5?,6?,7-,8-,9?,10?,11-,12?,13-,14+,15-,16+,17+,18-/m0/s1. The Kier molecular flexibility index (Phi) is 9.54. The number of aliphatic hydroxyl groups is 11. The van der Waals surface area contributed by atoms with Gasteiger partial charge in [-0.05, 0) is 0 Å². The van der Waals surface area contributed by atoms with Crippen LogP contribution in [0.2, 0.25) is 0 Å². The molecule has 0 saturated carbocycles. The minimum Gasteiger partial charge on any atom is -0.394 e. The fourth-order valence-electron chi connectivity index (χ4n) is 4.06. The van der Waals surface area contributed by atoms with Crippen LogP contribution in [0.4, 0.5) is 0 Å². The maximum Gasteiger partial charge on any atom is 0.187 e. The summed E-state index contributed by atoms with van der Waals surface area (Å²) in [5.74, 6) is 0. The number of hydrogen-bond donors (Lipinski definition) is 11. The molecule has 200 valence electrons. The highest BCUT2D eigenvalue weighted by Crippen LogP contribution is 2.32. The molecule has 3 aliphatic rings. The summed E-state index contributed by atoms with van der Waals surface area (Å²) >= 11 is 0. The molecule has 0 aromatic heterocycles. The van der Waals surface area contributed by atoms with E-state index in [2.05, 4.69) is 0 Å². The fraction of sp³-hybridized carbons (Fsp3) is 1.00. The predicted molar refractivity (Wildman–Crippen MR) is 101 cm³/mol. The Morgan fingerprint density at radius 3 is 1.35 bits per heavy atom. The molecule has 16 heteroatoms. The Bertz CT molecular complexity index is 635. The van der Waals surface area contributed by atoms with E-state index in [4.69, 9.17) is 23.7 Å². The van der Waals surface area contributed by atoms with Crippen molar-refractivity contribution in [2.24, 2.45) is 0 Å². The van der Waals surface area contributed by atoms with Gasteiger partial charge in [-0.25, -0.2) is 0 Å². The molecule has 6 unspecified atom stereocenters. The third-order valence-corrected chi connectivity index (χ3v) is 6.09. The van der Waals surface area contributed by atoms with Crippen LogP contribution in [0.3, 0.4) is 0 Å². The van der Waals surface area contributed by atoms with Gasteiger partial charge in [0.25, 0.3) is 0 Å². The molecule has 3 fully saturated rings. The van der Waals surface area contributed by atoms with Gasteiger partial charge in [0, 0.05) is 0 Å². The average Bonchev–Trinajstić information content (AvgIpc) is 2.83. The maximum atomic E-state index is 10.6. The second-order valence-corrected chi connectivity index (χ2v) is 8.33. The lowest BCUT2D eigenvalue weighted by atomic mass is 9.96. The Hall–Kier alpha value is -0.640. The summed E-state index contributed by atoms with van der Waals surface area (Å²) in [6.07, 6.45) is -25.1. The van der Waals surface area contributed by atoms with Crippen LogP contribution in [-0.4, -0.2) is 168 Å². The van der Waals surface area contributed by atoms with E-state index in [9.17, 15) is 56.2 Å². The summed E-state index contributed by atoms with van der Waals surface area (Å²) in [5, 5.41) is 109. The lowest BCUT2D eigenvalue weighted by Crippen LogP contribution is -2.66. The molecule has 3 rings (SSSR count). The number of aliphatic hydroxyl groups excluding tert-OH is 11. The summed E-state index contributed by atoms with van der Waals surface area (Å²) in [4.78, 5) is 0. The van der Waals surface area contributed by atoms with Gasteiger partial charge in [-0.1, -0.05) is 0 Å². The molecule has 0 spiro atoms. The second-order valence-electron chi connectivity index (χ2n) is 8.33. The van der Waals surface area contributed by atoms with E-state index in [1.807, 2.05) is 0 Å². The first-order chi connectivity index (χ1) is 16.0. The quantitative estimate of drug-likeness (QED) is 0.154. The lowest BCUT2D eigenvalue weighted by Gasteiger charge is -2.47. The van der Waals surface area contributed by atoms with Crippen molar-refractivity contribution in [1.82, 2.24) is 0 Å². The van der Waals surface area contributed by atoms with Crippen LogP contribution in [0.25, 0.3) is 0 Å². The van der Waals surface area contributed by atoms with Crippen LogP contribution in [0, 0.1) is 0 Å². The van der Waals surface area contributed by atoms with Crippen molar-refractivity contribution in [3.63, 3.8) is 0 Å². The zero-order valence-corrected chi connectivity index (χ0v) is 17.7. The zero-order valence-electron chi connectivity index (χ0n) is 17.7. The first kappa shape index (κ1) is 27.9. The number of hydrogen-bond acceptors (Lipinski definition) is 16. The van der Waals surface area contributed by atoms with Gasteiger partial charge in [0.2, 0.25) is 0 Å². The normalized spacial score (nSPS) is 52.5. The molecule has 34 heavy (non-hydrogen) atoms. The van der Waals surface area contributed by atoms with Gasteiger partial charge >= 0.3 is 0 Å². The van der Waals surface area contributed by atoms with Gasteiger partial charge < -0.3 is 79.9 Å². The van der Waals surface area contributed by atoms with Crippen LogP contribution in [0.1, 0.15) is 0 Å². The Morgan fingerprint density at radius 2 is 0.853 bits per heavy atom. The molecule has 11 N–H and O–H groups in total. The molecule has 0 aromatic carbocycles. The fourth-order valence-corrected chi connectivity index (χ4v) is 4.06. The van der Waals surface area contributed by atoms with E-state index in [1.165, 1.54) is 0 Å². The van der Waals surface area contributed by atoms with E-state index < -0.39 is 112 Å². The molecule has 15 atom stereocenters. The monoisotopic (exact) mass is 504 g/mol. The van der Waals surface area contributed by atoms with Gasteiger partial charge in [-0.15, -0.1) is 0 Å². The maximum absolute atomic E-state index is 10.6. The summed E-state index contributed by atoms with van der Waals surface area (Å²) in [6, 6.07) is 0. The second kappa shape index (κ2) is 11.6. The Morgan fingerprint density at radius 1 is 0.441 bits per heavy atom. The van der Waals surface area contributed by atoms with Crippen molar-refractivity contribution >= 4 is 0 Å². The summed E-state index contributed by atoms with van der Waals surface area (Å²) < 4.78 is 26.4. The van der Waals surface area contributed by atoms with Crippen LogP contribution in [-0.2, 0) is 23.7 Å². The molecular weight excluding hydrogens is 472 g/mol. The Balaban J connectivity index is 1.72. The molecule has 3 saturated heterocycles. The third-order valence-electron chi connectivity index (χ3n) is 6.09. The van der Waals surface area contributed by atoms with Gasteiger partial charge in [0.1, 0.15) is 73.2 Å². The van der Waals surface area contributed by atoms with Crippen molar-refractivity contribution < 1.29 is 79.9 Å². The lowest BCUT2D eigenvalue weighted by molar-refractivity contribution is -0.377. The van der Waals surface area contributed by atoms with Gasteiger partial charge in [0.15, 0.2) is 18.9 Å². The minimum absolute atomic E-state index is 0.741. The van der Waals surface area contributed by atoms with E-state index in [-0.39, 0.29) is 0 Å². The van der Waals surface area contributed by atoms with E-state index in [1.54, 1.807) is 0 Å². The topological polar surface area (TPSA) is 269 Å². The SMILES string of the molecule is OCC1O[C@@H](O)[C@@H](O)C(O)[C@@H]1O[C@@H]1OC(CO)[C@H](O[C@H]2OC(CO)[C@H](O)[C@H](O)C2O)C(O)[C@@H]1O. The summed E-state index contributed by atoms with van der Waals surface area (Å²) in [7, 11) is 0. The molecular formula is C18H32O16. The van der Waals surface area contributed by atoms with Crippen molar-refractivity contribution in [2.45, 2.75) is 92.1 Å². The van der Waals surface area contributed by atoms with Crippen molar-refractivity contribution in [2.75, 3.05) is 19.8 Å². The van der Waals surface area contributed by atoms with Crippen LogP contribution in [0.5, 0.6) is 0 Å². The van der Waals surface area contributed by atoms with E-state index in [0.29, 0.717) is 0 Å². The van der Waals surface area contributed by atoms with Crippen LogP contribution in [0.15, 0.2) is 0 Å². The van der Waals surface area contributed by atoms with Gasteiger partial charge in [0.05, 0.1) is 19.8 Å². The van der Waals surface area contributed by atoms with Crippen LogP contribution < -0.4 is 0 Å². The molecule has 3 heterocycles. The zero-order chi connectivity index (χ0) is 25.3.